The fourth-order valence-electron chi connectivity index (χ4n) is 11.7. The topological polar surface area (TPSA) is 98.0 Å². The minimum Gasteiger partial charge on any atom is -0.511 e. The molecule has 7 unspecified atom stereocenters. The van der Waals surface area contributed by atoms with Gasteiger partial charge in [0.15, 0.2) is 0 Å². The Balaban J connectivity index is 1.12. The number of carbonyl (C=O) groups is 1. The number of rotatable bonds is 10. The molecule has 7 atom stereocenters. The quantitative estimate of drug-likeness (QED) is 0.123. The second kappa shape index (κ2) is 15.6. The van der Waals surface area contributed by atoms with E-state index in [1.54, 1.807) is 0 Å². The summed E-state index contributed by atoms with van der Waals surface area (Å²) in [6.45, 7) is 0.206. The standard InChI is InChI=1S/C49H58O5/c50-32-36-15-14-33(26-36)8-3-1-2-4-11-40-27-34-16-21-45(47(53)54)49(25-23-38-29-37-10-5-6-13-43(37)46(52)44(38)31-49)41-12-7-9-35(28-41)30-48(40,24-22-34)39-17-19-42(51)20-18-39/h5-7,9-10,12-13,16-20,26,28-29,33,38,40,44-45,50-52H,1-4,8,11,14-15,21-25,27,30-32H2,(H,53,54). The zero-order valence-corrected chi connectivity index (χ0v) is 31.8. The maximum absolute atomic E-state index is 13.5. The number of aliphatic hydroxyl groups excluding tert-OH is 2. The van der Waals surface area contributed by atoms with Gasteiger partial charge in [0.05, 0.1) is 12.5 Å². The lowest BCUT2D eigenvalue weighted by Gasteiger charge is -2.49. The summed E-state index contributed by atoms with van der Waals surface area (Å²) in [4.78, 5) is 13.5. The molecule has 0 saturated heterocycles. The van der Waals surface area contributed by atoms with Crippen molar-refractivity contribution in [3.8, 4) is 5.75 Å². The van der Waals surface area contributed by atoms with Gasteiger partial charge in [-0.15, -0.1) is 0 Å². The summed E-state index contributed by atoms with van der Waals surface area (Å²) in [6, 6.07) is 25.0. The van der Waals surface area contributed by atoms with Crippen molar-refractivity contribution in [2.45, 2.75) is 114 Å². The van der Waals surface area contributed by atoms with E-state index in [0.29, 0.717) is 36.2 Å². The van der Waals surface area contributed by atoms with Crippen molar-refractivity contribution < 1.29 is 25.2 Å². The van der Waals surface area contributed by atoms with Crippen molar-refractivity contribution in [3.05, 3.63) is 123 Å². The van der Waals surface area contributed by atoms with Gasteiger partial charge < -0.3 is 20.4 Å². The molecule has 6 aliphatic carbocycles. The highest BCUT2D eigenvalue weighted by Gasteiger charge is 2.51. The van der Waals surface area contributed by atoms with Crippen LogP contribution in [-0.4, -0.2) is 33.0 Å². The van der Waals surface area contributed by atoms with Gasteiger partial charge in [-0.05, 0) is 134 Å². The van der Waals surface area contributed by atoms with E-state index in [9.17, 15) is 25.2 Å². The summed E-state index contributed by atoms with van der Waals surface area (Å²) in [7, 11) is 0. The first-order valence-corrected chi connectivity index (χ1v) is 20.9. The fraction of sp³-hybridized carbons (Fsp3) is 0.490. The van der Waals surface area contributed by atoms with Crippen LogP contribution < -0.4 is 10.4 Å². The normalized spacial score (nSPS) is 30.3. The molecule has 0 radical (unpaired) electrons. The highest BCUT2D eigenvalue weighted by molar-refractivity contribution is 5.73. The van der Waals surface area contributed by atoms with E-state index in [-0.39, 0.29) is 23.9 Å². The van der Waals surface area contributed by atoms with Crippen LogP contribution in [0.5, 0.6) is 5.75 Å². The van der Waals surface area contributed by atoms with Crippen LogP contribution >= 0.6 is 0 Å². The number of fused-ring (bicyclic) bond motifs is 6. The van der Waals surface area contributed by atoms with Gasteiger partial charge >= 0.3 is 5.97 Å². The number of aromatic hydroxyl groups is 1. The van der Waals surface area contributed by atoms with E-state index >= 15 is 0 Å². The summed E-state index contributed by atoms with van der Waals surface area (Å²) < 4.78 is 0. The second-order valence-electron chi connectivity index (χ2n) is 17.6. The number of carboxylic acid groups (broad SMARTS) is 1. The summed E-state index contributed by atoms with van der Waals surface area (Å²) in [6.07, 6.45) is 22.9. The highest BCUT2D eigenvalue weighted by Crippen LogP contribution is 2.55. The molecule has 0 aromatic heterocycles. The Bertz CT molecular complexity index is 2020. The average Bonchev–Trinajstić information content (AvgIpc) is 3.65. The maximum atomic E-state index is 13.5. The predicted molar refractivity (Wildman–Crippen MR) is 215 cm³/mol. The lowest BCUT2D eigenvalue weighted by Crippen LogP contribution is -2.49. The van der Waals surface area contributed by atoms with Crippen LogP contribution in [0.4, 0.5) is 0 Å². The Morgan fingerprint density at radius 3 is 2.41 bits per heavy atom. The van der Waals surface area contributed by atoms with Crippen molar-refractivity contribution in [1.29, 1.82) is 0 Å². The summed E-state index contributed by atoms with van der Waals surface area (Å²) in [5.41, 5.74) is 5.57. The fourth-order valence-corrected chi connectivity index (χ4v) is 11.7. The molecule has 4 bridgehead atoms. The molecule has 0 heterocycles. The molecule has 5 nitrogen and oxygen atoms in total. The van der Waals surface area contributed by atoms with Gasteiger partial charge in [-0.3, -0.25) is 4.79 Å². The number of phenols is 1. The van der Waals surface area contributed by atoms with Gasteiger partial charge in [0, 0.05) is 22.0 Å². The molecule has 54 heavy (non-hydrogen) atoms. The largest absolute Gasteiger partial charge is 0.511 e. The van der Waals surface area contributed by atoms with E-state index in [0.717, 1.165) is 67.4 Å². The molecule has 2 saturated carbocycles. The van der Waals surface area contributed by atoms with Gasteiger partial charge in [-0.1, -0.05) is 110 Å². The molecule has 5 heteroatoms. The molecule has 3 aromatic rings. The molecule has 1 spiro atoms. The number of hydrogen-bond acceptors (Lipinski definition) is 4. The van der Waals surface area contributed by atoms with Crippen molar-refractivity contribution in [2.24, 2.45) is 29.6 Å². The van der Waals surface area contributed by atoms with E-state index in [2.05, 4.69) is 60.7 Å². The number of aliphatic hydroxyl groups is 2. The van der Waals surface area contributed by atoms with E-state index in [1.165, 1.54) is 60.8 Å². The third-order valence-corrected chi connectivity index (χ3v) is 14.6. The molecule has 4 N–H and O–H groups in total. The zero-order valence-electron chi connectivity index (χ0n) is 31.8. The van der Waals surface area contributed by atoms with E-state index in [1.807, 2.05) is 30.3 Å². The number of phenolic OH excluding ortho intramolecular Hbond substituents is 1. The number of aliphatic carboxylic acids is 1. The molecule has 284 valence electrons. The summed E-state index contributed by atoms with van der Waals surface area (Å²) in [5.74, 6) is 0.498. The lowest BCUT2D eigenvalue weighted by molar-refractivity contribution is -0.145. The predicted octanol–water partition coefficient (Wildman–Crippen LogP) is 9.19. The van der Waals surface area contributed by atoms with Crippen LogP contribution in [0.15, 0.2) is 96.1 Å². The minimum absolute atomic E-state index is 0.0939. The van der Waals surface area contributed by atoms with Crippen LogP contribution in [0.1, 0.15) is 113 Å². The number of allylic oxidation sites excluding steroid dienone is 3. The smallest absolute Gasteiger partial charge is 0.307 e. The van der Waals surface area contributed by atoms with Crippen molar-refractivity contribution in [1.82, 2.24) is 0 Å². The van der Waals surface area contributed by atoms with Crippen LogP contribution in [0.2, 0.25) is 0 Å². The third-order valence-electron chi connectivity index (χ3n) is 14.6. The Morgan fingerprint density at radius 1 is 0.796 bits per heavy atom. The Morgan fingerprint density at radius 2 is 1.61 bits per heavy atom. The first-order chi connectivity index (χ1) is 26.3. The molecular weight excluding hydrogens is 669 g/mol. The third kappa shape index (κ3) is 7.09. The molecule has 6 aliphatic rings. The first-order valence-electron chi connectivity index (χ1n) is 20.9. The lowest BCUT2D eigenvalue weighted by atomic mass is 9.54. The van der Waals surface area contributed by atoms with Gasteiger partial charge in [-0.25, -0.2) is 0 Å². The maximum Gasteiger partial charge on any atom is 0.307 e. The molecule has 3 aromatic carbocycles. The van der Waals surface area contributed by atoms with E-state index < -0.39 is 17.3 Å². The number of hydrogen-bond donors (Lipinski definition) is 4. The van der Waals surface area contributed by atoms with E-state index in [4.69, 9.17) is 0 Å². The van der Waals surface area contributed by atoms with Crippen LogP contribution in [0.25, 0.3) is 11.8 Å². The Hall–Kier alpha value is -4.09. The molecule has 0 amide bonds. The second-order valence-corrected chi connectivity index (χ2v) is 17.6. The average molecular weight is 727 g/mol. The monoisotopic (exact) mass is 726 g/mol. The van der Waals surface area contributed by atoms with Gasteiger partial charge in [0.25, 0.3) is 0 Å². The zero-order chi connectivity index (χ0) is 37.3. The van der Waals surface area contributed by atoms with Crippen LogP contribution in [0.3, 0.4) is 0 Å². The van der Waals surface area contributed by atoms with Gasteiger partial charge in [0.1, 0.15) is 11.5 Å². The van der Waals surface area contributed by atoms with Crippen LogP contribution in [0, 0.1) is 29.6 Å². The molecular formula is C49H58O5. The number of benzene rings is 3. The molecule has 2 fully saturated rings. The van der Waals surface area contributed by atoms with Crippen LogP contribution in [-0.2, 0) is 22.0 Å². The van der Waals surface area contributed by atoms with Crippen molar-refractivity contribution >= 4 is 17.8 Å². The number of carboxylic acids is 1. The number of unbranched alkanes of at least 4 members (excludes halogenated alkanes) is 3. The van der Waals surface area contributed by atoms with Crippen molar-refractivity contribution in [3.63, 3.8) is 0 Å². The summed E-state index contributed by atoms with van der Waals surface area (Å²) in [5, 5.41) is 44.7. The minimum atomic E-state index is -0.737. The van der Waals surface area contributed by atoms with Gasteiger partial charge in [-0.2, -0.15) is 0 Å². The first kappa shape index (κ1) is 36.9. The SMILES string of the molecule is O=C(O)C1CC=C2CCC(c3ccc(O)cc3)(Cc3cccc(c3)C13CCC1C=c4ccccc4=C(O)C1C3)C(CCCCCCC1C=C(CO)CC1)C2. The summed E-state index contributed by atoms with van der Waals surface area (Å²) >= 11 is 0. The molecule has 9 rings (SSSR count). The van der Waals surface area contributed by atoms with Gasteiger partial charge in [0.2, 0.25) is 0 Å². The molecule has 0 aliphatic heterocycles. The Kier molecular flexibility index (Phi) is 10.6. The van der Waals surface area contributed by atoms with Crippen molar-refractivity contribution in [2.75, 3.05) is 6.61 Å². The Labute approximate surface area is 320 Å². The highest BCUT2D eigenvalue weighted by atomic mass is 16.4.